The van der Waals surface area contributed by atoms with Crippen molar-refractivity contribution in [3.63, 3.8) is 0 Å². The lowest BCUT2D eigenvalue weighted by atomic mass is 10.2. The number of hydrogen-bond donors (Lipinski definition) is 2. The highest BCUT2D eigenvalue weighted by molar-refractivity contribution is 6.35. The van der Waals surface area contributed by atoms with Gasteiger partial charge in [0.25, 0.3) is 5.91 Å². The van der Waals surface area contributed by atoms with Crippen molar-refractivity contribution in [1.82, 2.24) is 5.32 Å². The van der Waals surface area contributed by atoms with Gasteiger partial charge in [-0.05, 0) is 36.4 Å². The average Bonchev–Trinajstić information content (AvgIpc) is 2.43. The van der Waals surface area contributed by atoms with E-state index in [4.69, 9.17) is 33.7 Å². The summed E-state index contributed by atoms with van der Waals surface area (Å²) in [6, 6.07) is 9.63. The largest absolute Gasteiger partial charge is 0.454 e. The lowest BCUT2D eigenvalue weighted by Crippen LogP contribution is -2.17. The number of carbonyl (C=O) groups excluding carboxylic acids is 1. The maximum atomic E-state index is 11.6. The average molecular weight is 311 g/mol. The van der Waals surface area contributed by atoms with Crippen molar-refractivity contribution in [3.8, 4) is 11.5 Å². The number of rotatable bonds is 3. The van der Waals surface area contributed by atoms with Crippen LogP contribution in [0.2, 0.25) is 10.0 Å². The highest BCUT2D eigenvalue weighted by Gasteiger charge is 2.10. The van der Waals surface area contributed by atoms with Crippen LogP contribution in [0.5, 0.6) is 11.5 Å². The molecule has 2 rings (SSSR count). The lowest BCUT2D eigenvalue weighted by molar-refractivity contribution is 0.0963. The number of ether oxygens (including phenoxy) is 1. The zero-order valence-electron chi connectivity index (χ0n) is 10.6. The standard InChI is InChI=1S/C14H12Cl2N2O2/c1-18-14(19)8-2-4-11(17)13(6-8)20-12-5-3-9(15)7-10(12)16/h2-7H,17H2,1H3,(H,18,19). The van der Waals surface area contributed by atoms with Crippen molar-refractivity contribution in [1.29, 1.82) is 0 Å². The molecule has 6 heteroatoms. The molecule has 0 unspecified atom stereocenters. The molecular formula is C14H12Cl2N2O2. The third-order valence-electron chi connectivity index (χ3n) is 2.62. The van der Waals surface area contributed by atoms with E-state index >= 15 is 0 Å². The van der Waals surface area contributed by atoms with Crippen molar-refractivity contribution < 1.29 is 9.53 Å². The molecule has 4 nitrogen and oxygen atoms in total. The van der Waals surface area contributed by atoms with Crippen LogP contribution in [-0.4, -0.2) is 13.0 Å². The number of anilines is 1. The van der Waals surface area contributed by atoms with E-state index in [1.165, 1.54) is 0 Å². The number of nitrogens with two attached hydrogens (primary N) is 1. The molecule has 20 heavy (non-hydrogen) atoms. The summed E-state index contributed by atoms with van der Waals surface area (Å²) >= 11 is 11.9. The smallest absolute Gasteiger partial charge is 0.251 e. The van der Waals surface area contributed by atoms with Gasteiger partial charge in [0.05, 0.1) is 10.7 Å². The number of hydrogen-bond acceptors (Lipinski definition) is 3. The number of nitrogens with one attached hydrogen (secondary N) is 1. The first-order valence-electron chi connectivity index (χ1n) is 5.76. The van der Waals surface area contributed by atoms with E-state index in [0.717, 1.165) is 0 Å². The van der Waals surface area contributed by atoms with Gasteiger partial charge < -0.3 is 15.8 Å². The summed E-state index contributed by atoms with van der Waals surface area (Å²) in [7, 11) is 1.55. The fraction of sp³-hybridized carbons (Fsp3) is 0.0714. The van der Waals surface area contributed by atoms with Crippen LogP contribution in [-0.2, 0) is 0 Å². The number of amides is 1. The molecule has 0 bridgehead atoms. The van der Waals surface area contributed by atoms with Crippen molar-refractivity contribution in [2.24, 2.45) is 0 Å². The van der Waals surface area contributed by atoms with Gasteiger partial charge in [-0.3, -0.25) is 4.79 Å². The van der Waals surface area contributed by atoms with Gasteiger partial charge in [-0.25, -0.2) is 0 Å². The summed E-state index contributed by atoms with van der Waals surface area (Å²) in [5, 5.41) is 3.40. The Morgan fingerprint density at radius 3 is 2.55 bits per heavy atom. The van der Waals surface area contributed by atoms with Crippen LogP contribution in [0.25, 0.3) is 0 Å². The molecule has 0 aromatic heterocycles. The minimum atomic E-state index is -0.225. The van der Waals surface area contributed by atoms with E-state index in [1.54, 1.807) is 43.4 Å². The molecule has 104 valence electrons. The molecule has 3 N–H and O–H groups in total. The Balaban J connectivity index is 2.35. The van der Waals surface area contributed by atoms with E-state index < -0.39 is 0 Å². The molecule has 0 radical (unpaired) electrons. The maximum Gasteiger partial charge on any atom is 0.251 e. The molecular weight excluding hydrogens is 299 g/mol. The van der Waals surface area contributed by atoms with Gasteiger partial charge in [0, 0.05) is 17.6 Å². The Morgan fingerprint density at radius 2 is 1.90 bits per heavy atom. The molecule has 0 atom stereocenters. The first kappa shape index (κ1) is 14.5. The molecule has 0 heterocycles. The van der Waals surface area contributed by atoms with E-state index in [2.05, 4.69) is 5.32 Å². The molecule has 0 aliphatic rings. The van der Waals surface area contributed by atoms with Crippen LogP contribution < -0.4 is 15.8 Å². The van der Waals surface area contributed by atoms with E-state index in [9.17, 15) is 4.79 Å². The zero-order chi connectivity index (χ0) is 14.7. The second-order valence-electron chi connectivity index (χ2n) is 4.01. The molecule has 1 amide bonds. The fourth-order valence-corrected chi connectivity index (χ4v) is 2.03. The van der Waals surface area contributed by atoms with Gasteiger partial charge in [-0.2, -0.15) is 0 Å². The molecule has 0 fully saturated rings. The van der Waals surface area contributed by atoms with E-state index in [0.29, 0.717) is 32.8 Å². The summed E-state index contributed by atoms with van der Waals surface area (Å²) in [5.74, 6) is 0.546. The predicted molar refractivity (Wildman–Crippen MR) is 80.8 cm³/mol. The predicted octanol–water partition coefficient (Wildman–Crippen LogP) is 3.73. The monoisotopic (exact) mass is 310 g/mol. The Morgan fingerprint density at radius 1 is 1.15 bits per heavy atom. The van der Waals surface area contributed by atoms with Crippen LogP contribution >= 0.6 is 23.2 Å². The fourth-order valence-electron chi connectivity index (χ4n) is 1.58. The molecule has 0 spiro atoms. The topological polar surface area (TPSA) is 64.4 Å². The summed E-state index contributed by atoms with van der Waals surface area (Å²) in [6.07, 6.45) is 0. The zero-order valence-corrected chi connectivity index (χ0v) is 12.1. The van der Waals surface area contributed by atoms with Crippen molar-refractivity contribution >= 4 is 34.8 Å². The molecule has 0 saturated heterocycles. The molecule has 0 saturated carbocycles. The lowest BCUT2D eigenvalue weighted by Gasteiger charge is -2.11. The Bertz CT molecular complexity index is 660. The third-order valence-corrected chi connectivity index (χ3v) is 3.15. The minimum absolute atomic E-state index is 0.225. The van der Waals surface area contributed by atoms with Crippen LogP contribution in [0.4, 0.5) is 5.69 Å². The van der Waals surface area contributed by atoms with Gasteiger partial charge in [-0.1, -0.05) is 23.2 Å². The van der Waals surface area contributed by atoms with Crippen LogP contribution in [0, 0.1) is 0 Å². The minimum Gasteiger partial charge on any atom is -0.454 e. The number of benzene rings is 2. The highest BCUT2D eigenvalue weighted by Crippen LogP contribution is 2.34. The normalized spacial score (nSPS) is 10.2. The Kier molecular flexibility index (Phi) is 4.37. The first-order valence-corrected chi connectivity index (χ1v) is 6.51. The van der Waals surface area contributed by atoms with Gasteiger partial charge in [0.2, 0.25) is 0 Å². The SMILES string of the molecule is CNC(=O)c1ccc(N)c(Oc2ccc(Cl)cc2Cl)c1. The quantitative estimate of drug-likeness (QED) is 0.849. The molecule has 0 aliphatic heterocycles. The van der Waals surface area contributed by atoms with Gasteiger partial charge in [0.1, 0.15) is 5.75 Å². The van der Waals surface area contributed by atoms with Gasteiger partial charge >= 0.3 is 0 Å². The highest BCUT2D eigenvalue weighted by atomic mass is 35.5. The van der Waals surface area contributed by atoms with Crippen molar-refractivity contribution in [2.75, 3.05) is 12.8 Å². The van der Waals surface area contributed by atoms with Crippen LogP contribution in [0.3, 0.4) is 0 Å². The van der Waals surface area contributed by atoms with Gasteiger partial charge in [-0.15, -0.1) is 0 Å². The van der Waals surface area contributed by atoms with Crippen LogP contribution in [0.15, 0.2) is 36.4 Å². The van der Waals surface area contributed by atoms with Gasteiger partial charge in [0.15, 0.2) is 5.75 Å². The first-order chi connectivity index (χ1) is 9.51. The molecule has 2 aromatic rings. The summed E-state index contributed by atoms with van der Waals surface area (Å²) < 4.78 is 5.63. The number of nitrogen functional groups attached to an aromatic ring is 1. The summed E-state index contributed by atoms with van der Waals surface area (Å²) in [5.41, 5.74) is 6.69. The number of carbonyl (C=O) groups is 1. The second-order valence-corrected chi connectivity index (χ2v) is 4.85. The van der Waals surface area contributed by atoms with E-state index in [-0.39, 0.29) is 5.91 Å². The summed E-state index contributed by atoms with van der Waals surface area (Å²) in [6.45, 7) is 0. The maximum absolute atomic E-state index is 11.6. The Hall–Kier alpha value is -1.91. The van der Waals surface area contributed by atoms with Crippen LogP contribution in [0.1, 0.15) is 10.4 Å². The van der Waals surface area contributed by atoms with Crippen molar-refractivity contribution in [2.45, 2.75) is 0 Å². The third kappa shape index (κ3) is 3.15. The van der Waals surface area contributed by atoms with Crippen molar-refractivity contribution in [3.05, 3.63) is 52.0 Å². The second kappa shape index (κ2) is 6.03. The molecule has 2 aromatic carbocycles. The Labute approximate surface area is 126 Å². The summed E-state index contributed by atoms with van der Waals surface area (Å²) in [4.78, 5) is 11.6. The molecule has 0 aliphatic carbocycles. The van der Waals surface area contributed by atoms with E-state index in [1.807, 2.05) is 0 Å². The number of halogens is 2.